The predicted octanol–water partition coefficient (Wildman–Crippen LogP) is 4.12. The van der Waals surface area contributed by atoms with Crippen molar-refractivity contribution in [2.45, 2.75) is 19.4 Å². The Morgan fingerprint density at radius 2 is 2.00 bits per heavy atom. The molecule has 1 unspecified atom stereocenters. The molecule has 28 heavy (non-hydrogen) atoms. The van der Waals surface area contributed by atoms with Crippen LogP contribution in [-0.4, -0.2) is 63.6 Å². The van der Waals surface area contributed by atoms with E-state index in [1.54, 1.807) is 7.11 Å². The molecule has 0 saturated heterocycles. The van der Waals surface area contributed by atoms with Gasteiger partial charge in [0.2, 0.25) is 0 Å². The van der Waals surface area contributed by atoms with Crippen LogP contribution in [0.25, 0.3) is 0 Å². The number of hydrogen-bond donors (Lipinski definition) is 1. The topological polar surface area (TPSA) is 40.1 Å². The monoisotopic (exact) mass is 516 g/mol. The van der Waals surface area contributed by atoms with Crippen LogP contribution in [0.1, 0.15) is 23.4 Å². The summed E-state index contributed by atoms with van der Waals surface area (Å²) in [6.45, 7) is 4.59. The molecule has 0 saturated carbocycles. The number of aliphatic imine (C=N–C) groups is 1. The number of nitrogens with one attached hydrogen (secondary N) is 1. The highest BCUT2D eigenvalue weighted by molar-refractivity contribution is 14.0. The van der Waals surface area contributed by atoms with E-state index in [9.17, 15) is 0 Å². The zero-order valence-corrected chi connectivity index (χ0v) is 20.7. The lowest BCUT2D eigenvalue weighted by atomic mass is 10.1. The summed E-state index contributed by atoms with van der Waals surface area (Å²) in [7, 11) is 7.99. The molecule has 0 fully saturated rings. The quantitative estimate of drug-likeness (QED) is 0.309. The first-order valence-electron chi connectivity index (χ1n) is 9.37. The Bertz CT molecular complexity index is 706. The van der Waals surface area contributed by atoms with E-state index >= 15 is 0 Å². The van der Waals surface area contributed by atoms with Crippen LogP contribution in [0.15, 0.2) is 46.8 Å². The van der Waals surface area contributed by atoms with Gasteiger partial charge in [-0.1, -0.05) is 18.2 Å². The highest BCUT2D eigenvalue weighted by atomic mass is 127. The summed E-state index contributed by atoms with van der Waals surface area (Å²) < 4.78 is 5.38. The lowest BCUT2D eigenvalue weighted by Crippen LogP contribution is -2.40. The van der Waals surface area contributed by atoms with Crippen molar-refractivity contribution in [1.29, 1.82) is 0 Å². The van der Waals surface area contributed by atoms with Crippen molar-refractivity contribution in [1.82, 2.24) is 15.1 Å². The van der Waals surface area contributed by atoms with Crippen molar-refractivity contribution in [3.63, 3.8) is 0 Å². The van der Waals surface area contributed by atoms with Crippen LogP contribution in [0.2, 0.25) is 0 Å². The number of hydrogen-bond acceptors (Lipinski definition) is 4. The van der Waals surface area contributed by atoms with Gasteiger partial charge >= 0.3 is 0 Å². The van der Waals surface area contributed by atoms with Crippen molar-refractivity contribution in [2.24, 2.45) is 4.99 Å². The maximum Gasteiger partial charge on any atom is 0.193 e. The van der Waals surface area contributed by atoms with Crippen molar-refractivity contribution >= 4 is 41.3 Å². The summed E-state index contributed by atoms with van der Waals surface area (Å²) in [5.41, 5.74) is 1.21. The largest absolute Gasteiger partial charge is 0.497 e. The van der Waals surface area contributed by atoms with E-state index in [2.05, 4.69) is 72.8 Å². The zero-order valence-electron chi connectivity index (χ0n) is 17.5. The molecule has 0 spiro atoms. The fourth-order valence-electron chi connectivity index (χ4n) is 2.90. The van der Waals surface area contributed by atoms with Gasteiger partial charge in [0.1, 0.15) is 5.75 Å². The van der Waals surface area contributed by atoms with Gasteiger partial charge in [0.15, 0.2) is 5.96 Å². The van der Waals surface area contributed by atoms with Gasteiger partial charge in [-0.2, -0.15) is 0 Å². The van der Waals surface area contributed by atoms with E-state index < -0.39 is 0 Å². The second kappa shape index (κ2) is 13.0. The number of guanidine groups is 1. The molecule has 0 bridgehead atoms. The molecule has 5 nitrogen and oxygen atoms in total. The predicted molar refractivity (Wildman–Crippen MR) is 131 cm³/mol. The molecule has 7 heteroatoms. The maximum absolute atomic E-state index is 5.38. The van der Waals surface area contributed by atoms with Crippen LogP contribution in [0.4, 0.5) is 0 Å². The first-order valence-corrected chi connectivity index (χ1v) is 10.2. The minimum Gasteiger partial charge on any atom is -0.497 e. The van der Waals surface area contributed by atoms with Crippen LogP contribution in [0.5, 0.6) is 5.75 Å². The first-order chi connectivity index (χ1) is 13.0. The second-order valence-corrected chi connectivity index (χ2v) is 7.73. The molecule has 1 aromatic carbocycles. The summed E-state index contributed by atoms with van der Waals surface area (Å²) in [6, 6.07) is 12.7. The van der Waals surface area contributed by atoms with Gasteiger partial charge in [-0.25, -0.2) is 0 Å². The summed E-state index contributed by atoms with van der Waals surface area (Å²) in [5, 5.41) is 5.55. The average molecular weight is 516 g/mol. The molecule has 0 amide bonds. The molecule has 0 aliphatic rings. The molecular weight excluding hydrogens is 483 g/mol. The summed E-state index contributed by atoms with van der Waals surface area (Å²) in [5.74, 6) is 1.83. The number of halogens is 1. The lowest BCUT2D eigenvalue weighted by molar-refractivity contribution is 0.304. The SMILES string of the molecule is CCNC(=NCC(c1cccc(OC)c1)N(C)C)N(C)CCc1cccs1.I. The molecule has 0 aliphatic heterocycles. The van der Waals surface area contributed by atoms with E-state index in [1.165, 1.54) is 10.4 Å². The summed E-state index contributed by atoms with van der Waals surface area (Å²) >= 11 is 1.81. The van der Waals surface area contributed by atoms with Gasteiger partial charge in [0.05, 0.1) is 19.7 Å². The summed E-state index contributed by atoms with van der Waals surface area (Å²) in [4.78, 5) is 10.7. The normalized spacial score (nSPS) is 12.4. The molecule has 2 rings (SSSR count). The fourth-order valence-corrected chi connectivity index (χ4v) is 3.60. The lowest BCUT2D eigenvalue weighted by Gasteiger charge is -2.26. The van der Waals surface area contributed by atoms with E-state index in [1.807, 2.05) is 23.5 Å². The van der Waals surface area contributed by atoms with Crippen molar-refractivity contribution < 1.29 is 4.74 Å². The van der Waals surface area contributed by atoms with Gasteiger partial charge in [-0.3, -0.25) is 4.99 Å². The van der Waals surface area contributed by atoms with Crippen LogP contribution < -0.4 is 10.1 Å². The van der Waals surface area contributed by atoms with Gasteiger partial charge in [-0.15, -0.1) is 35.3 Å². The third-order valence-corrected chi connectivity index (χ3v) is 5.42. The Labute approximate surface area is 190 Å². The smallest absolute Gasteiger partial charge is 0.193 e. The number of likely N-dealkylation sites (N-methyl/N-ethyl adjacent to an activating group) is 2. The fraction of sp³-hybridized carbons (Fsp3) is 0.476. The first kappa shape index (κ1) is 24.7. The van der Waals surface area contributed by atoms with Crippen molar-refractivity contribution in [3.8, 4) is 5.75 Å². The Morgan fingerprint density at radius 1 is 1.21 bits per heavy atom. The Balaban J connectivity index is 0.00000392. The van der Waals surface area contributed by atoms with Gasteiger partial charge in [-0.05, 0) is 56.6 Å². The highest BCUT2D eigenvalue weighted by Gasteiger charge is 2.16. The second-order valence-electron chi connectivity index (χ2n) is 6.70. The summed E-state index contributed by atoms with van der Waals surface area (Å²) in [6.07, 6.45) is 1.03. The van der Waals surface area contributed by atoms with E-state index in [-0.39, 0.29) is 30.0 Å². The van der Waals surface area contributed by atoms with E-state index in [0.29, 0.717) is 6.54 Å². The molecule has 1 N–H and O–H groups in total. The Kier molecular flexibility index (Phi) is 11.5. The maximum atomic E-state index is 5.38. The number of rotatable bonds is 9. The molecule has 0 aliphatic carbocycles. The number of nitrogens with zero attached hydrogens (tertiary/aromatic N) is 3. The molecule has 0 radical (unpaired) electrons. The van der Waals surface area contributed by atoms with Crippen molar-refractivity contribution in [3.05, 3.63) is 52.2 Å². The van der Waals surface area contributed by atoms with Crippen molar-refractivity contribution in [2.75, 3.05) is 47.9 Å². The Hall–Kier alpha value is -1.32. The third kappa shape index (κ3) is 7.60. The van der Waals surface area contributed by atoms with Gasteiger partial charge in [0, 0.05) is 25.0 Å². The standard InChI is InChI=1S/C21H32N4OS.HI/c1-6-22-21(25(4)13-12-19-11-8-14-27-19)23-16-20(24(2)3)17-9-7-10-18(15-17)26-5;/h7-11,14-15,20H,6,12-13,16H2,1-5H3,(H,22,23);1H. The van der Waals surface area contributed by atoms with Gasteiger partial charge in [0.25, 0.3) is 0 Å². The molecule has 1 heterocycles. The van der Waals surface area contributed by atoms with Gasteiger partial charge < -0.3 is 19.9 Å². The molecule has 2 aromatic rings. The number of thiophene rings is 1. The van der Waals surface area contributed by atoms with E-state index in [4.69, 9.17) is 9.73 Å². The number of benzene rings is 1. The number of methoxy groups -OCH3 is 1. The Morgan fingerprint density at radius 3 is 2.61 bits per heavy atom. The van der Waals surface area contributed by atoms with Crippen LogP contribution in [0, 0.1) is 0 Å². The van der Waals surface area contributed by atoms with Crippen LogP contribution in [0.3, 0.4) is 0 Å². The molecule has 1 atom stereocenters. The van der Waals surface area contributed by atoms with Crippen LogP contribution in [-0.2, 0) is 6.42 Å². The average Bonchev–Trinajstić information content (AvgIpc) is 3.19. The van der Waals surface area contributed by atoms with Crippen LogP contribution >= 0.6 is 35.3 Å². The zero-order chi connectivity index (χ0) is 19.6. The minimum atomic E-state index is 0. The highest BCUT2D eigenvalue weighted by Crippen LogP contribution is 2.23. The number of ether oxygens (including phenoxy) is 1. The minimum absolute atomic E-state index is 0. The molecule has 1 aromatic heterocycles. The molecule has 156 valence electrons. The molecular formula is C21H33IN4OS. The third-order valence-electron chi connectivity index (χ3n) is 4.49. The van der Waals surface area contributed by atoms with E-state index in [0.717, 1.165) is 31.2 Å².